The van der Waals surface area contributed by atoms with Crippen LogP contribution in [0.2, 0.25) is 0 Å². The lowest BCUT2D eigenvalue weighted by molar-refractivity contribution is 0.426. The molecular formula is C12H12BNO4S. The van der Waals surface area contributed by atoms with Crippen molar-refractivity contribution in [2.75, 3.05) is 4.72 Å². The highest BCUT2D eigenvalue weighted by molar-refractivity contribution is 7.92. The molecule has 0 spiro atoms. The Bertz CT molecular complexity index is 658. The Kier molecular flexibility index (Phi) is 3.89. The average molecular weight is 277 g/mol. The van der Waals surface area contributed by atoms with Gasteiger partial charge in [-0.2, -0.15) is 0 Å². The molecule has 2 aromatic rings. The van der Waals surface area contributed by atoms with Crippen LogP contribution >= 0.6 is 0 Å². The predicted octanol–water partition coefficient (Wildman–Crippen LogP) is 0.167. The summed E-state index contributed by atoms with van der Waals surface area (Å²) in [6, 6.07) is 13.9. The Labute approximate surface area is 111 Å². The minimum atomic E-state index is -3.67. The van der Waals surface area contributed by atoms with E-state index in [2.05, 4.69) is 4.72 Å². The molecule has 0 amide bonds. The molecule has 0 unspecified atom stereocenters. The van der Waals surface area contributed by atoms with Crippen molar-refractivity contribution in [2.45, 2.75) is 4.90 Å². The zero-order valence-electron chi connectivity index (χ0n) is 9.89. The van der Waals surface area contributed by atoms with Gasteiger partial charge in [0.2, 0.25) is 0 Å². The summed E-state index contributed by atoms with van der Waals surface area (Å²) in [6.45, 7) is 0. The topological polar surface area (TPSA) is 86.6 Å². The Morgan fingerprint density at radius 1 is 0.947 bits per heavy atom. The number of anilines is 1. The highest BCUT2D eigenvalue weighted by atomic mass is 32.2. The Morgan fingerprint density at radius 3 is 2.26 bits per heavy atom. The van der Waals surface area contributed by atoms with Gasteiger partial charge in [-0.25, -0.2) is 8.42 Å². The monoisotopic (exact) mass is 277 g/mol. The van der Waals surface area contributed by atoms with E-state index in [1.807, 2.05) is 0 Å². The van der Waals surface area contributed by atoms with Crippen molar-refractivity contribution < 1.29 is 18.5 Å². The summed E-state index contributed by atoms with van der Waals surface area (Å²) in [6.07, 6.45) is 0. The van der Waals surface area contributed by atoms with Crippen molar-refractivity contribution in [1.29, 1.82) is 0 Å². The van der Waals surface area contributed by atoms with Crippen LogP contribution in [-0.4, -0.2) is 25.6 Å². The summed E-state index contributed by atoms with van der Waals surface area (Å²) in [5, 5.41) is 18.1. The van der Waals surface area contributed by atoms with E-state index in [1.54, 1.807) is 18.2 Å². The summed E-state index contributed by atoms with van der Waals surface area (Å²) in [4.78, 5) is 0.143. The van der Waals surface area contributed by atoms with E-state index < -0.39 is 17.1 Å². The van der Waals surface area contributed by atoms with Crippen molar-refractivity contribution in [1.82, 2.24) is 0 Å². The lowest BCUT2D eigenvalue weighted by atomic mass is 9.80. The quantitative estimate of drug-likeness (QED) is 0.695. The second kappa shape index (κ2) is 5.44. The molecule has 0 radical (unpaired) electrons. The summed E-state index contributed by atoms with van der Waals surface area (Å²) < 4.78 is 26.5. The molecule has 0 aromatic heterocycles. The Balaban J connectivity index is 2.29. The van der Waals surface area contributed by atoms with E-state index in [1.165, 1.54) is 36.4 Å². The lowest BCUT2D eigenvalue weighted by Crippen LogP contribution is -2.30. The third kappa shape index (κ3) is 3.34. The van der Waals surface area contributed by atoms with Gasteiger partial charge >= 0.3 is 7.12 Å². The van der Waals surface area contributed by atoms with Gasteiger partial charge in [-0.3, -0.25) is 4.72 Å². The Hall–Kier alpha value is -1.83. The van der Waals surface area contributed by atoms with Crippen molar-refractivity contribution >= 4 is 28.3 Å². The first-order valence-electron chi connectivity index (χ1n) is 5.53. The number of rotatable bonds is 4. The molecule has 0 aliphatic carbocycles. The smallest absolute Gasteiger partial charge is 0.423 e. The predicted molar refractivity (Wildman–Crippen MR) is 73.5 cm³/mol. The first kappa shape index (κ1) is 13.6. The molecule has 2 rings (SSSR count). The van der Waals surface area contributed by atoms with Crippen LogP contribution in [0.4, 0.5) is 5.69 Å². The Morgan fingerprint density at radius 2 is 1.63 bits per heavy atom. The zero-order chi connectivity index (χ0) is 13.9. The van der Waals surface area contributed by atoms with Gasteiger partial charge in [0, 0.05) is 5.69 Å². The minimum absolute atomic E-state index is 0.143. The standard InChI is InChI=1S/C12H12BNO4S/c15-13(16)10-5-4-6-11(9-10)14-19(17,18)12-7-2-1-3-8-12/h1-9,14-16H. The largest absolute Gasteiger partial charge is 0.488 e. The fraction of sp³-hybridized carbons (Fsp3) is 0. The van der Waals surface area contributed by atoms with E-state index >= 15 is 0 Å². The van der Waals surface area contributed by atoms with Gasteiger partial charge in [-0.05, 0) is 29.7 Å². The summed E-state index contributed by atoms with van der Waals surface area (Å²) in [5.41, 5.74) is 0.489. The fourth-order valence-electron chi connectivity index (χ4n) is 1.58. The summed E-state index contributed by atoms with van der Waals surface area (Å²) >= 11 is 0. The average Bonchev–Trinajstić information content (AvgIpc) is 2.39. The van der Waals surface area contributed by atoms with Gasteiger partial charge in [-0.15, -0.1) is 0 Å². The zero-order valence-corrected chi connectivity index (χ0v) is 10.7. The first-order chi connectivity index (χ1) is 8.99. The van der Waals surface area contributed by atoms with Gasteiger partial charge in [0.15, 0.2) is 0 Å². The lowest BCUT2D eigenvalue weighted by Gasteiger charge is -2.09. The summed E-state index contributed by atoms with van der Waals surface area (Å²) in [5.74, 6) is 0. The molecular weight excluding hydrogens is 265 g/mol. The molecule has 0 saturated carbocycles. The first-order valence-corrected chi connectivity index (χ1v) is 7.01. The number of benzene rings is 2. The number of hydrogen-bond acceptors (Lipinski definition) is 4. The molecule has 0 aliphatic heterocycles. The molecule has 0 saturated heterocycles. The van der Waals surface area contributed by atoms with Crippen LogP contribution in [-0.2, 0) is 10.0 Å². The van der Waals surface area contributed by atoms with E-state index in [4.69, 9.17) is 10.0 Å². The maximum absolute atomic E-state index is 12.0. The summed E-state index contributed by atoms with van der Waals surface area (Å²) in [7, 11) is -5.31. The van der Waals surface area contributed by atoms with E-state index in [9.17, 15) is 8.42 Å². The van der Waals surface area contributed by atoms with Gasteiger partial charge in [-0.1, -0.05) is 30.3 Å². The molecule has 7 heteroatoms. The molecule has 0 fully saturated rings. The molecule has 0 atom stereocenters. The van der Waals surface area contributed by atoms with Gasteiger partial charge in [0.25, 0.3) is 10.0 Å². The molecule has 0 bridgehead atoms. The SMILES string of the molecule is O=S(=O)(Nc1cccc(B(O)O)c1)c1ccccc1. The second-order valence-electron chi connectivity index (χ2n) is 3.92. The van der Waals surface area contributed by atoms with Crippen LogP contribution < -0.4 is 10.2 Å². The highest BCUT2D eigenvalue weighted by Gasteiger charge is 2.15. The van der Waals surface area contributed by atoms with Crippen molar-refractivity contribution in [3.05, 3.63) is 54.6 Å². The molecule has 19 heavy (non-hydrogen) atoms. The molecule has 0 aliphatic rings. The number of sulfonamides is 1. The van der Waals surface area contributed by atoms with Gasteiger partial charge in [0.05, 0.1) is 4.90 Å². The third-order valence-corrected chi connectivity index (χ3v) is 3.89. The van der Waals surface area contributed by atoms with Gasteiger partial charge in [0.1, 0.15) is 0 Å². The van der Waals surface area contributed by atoms with Crippen LogP contribution in [0.3, 0.4) is 0 Å². The fourth-order valence-corrected chi connectivity index (χ4v) is 2.65. The molecule has 3 N–H and O–H groups in total. The minimum Gasteiger partial charge on any atom is -0.423 e. The second-order valence-corrected chi connectivity index (χ2v) is 5.60. The molecule has 2 aromatic carbocycles. The van der Waals surface area contributed by atoms with Crippen LogP contribution in [0.25, 0.3) is 0 Å². The van der Waals surface area contributed by atoms with Gasteiger partial charge < -0.3 is 10.0 Å². The van der Waals surface area contributed by atoms with Crippen molar-refractivity contribution in [2.24, 2.45) is 0 Å². The van der Waals surface area contributed by atoms with Crippen molar-refractivity contribution in [3.8, 4) is 0 Å². The normalized spacial score (nSPS) is 11.1. The maximum Gasteiger partial charge on any atom is 0.488 e. The van der Waals surface area contributed by atoms with E-state index in [-0.39, 0.29) is 16.0 Å². The maximum atomic E-state index is 12.0. The van der Waals surface area contributed by atoms with Crippen LogP contribution in [0.5, 0.6) is 0 Å². The van der Waals surface area contributed by atoms with Crippen LogP contribution in [0.15, 0.2) is 59.5 Å². The van der Waals surface area contributed by atoms with Crippen molar-refractivity contribution in [3.63, 3.8) is 0 Å². The molecule has 0 heterocycles. The molecule has 98 valence electrons. The van der Waals surface area contributed by atoms with Crippen LogP contribution in [0, 0.1) is 0 Å². The highest BCUT2D eigenvalue weighted by Crippen LogP contribution is 2.14. The number of nitrogens with one attached hydrogen (secondary N) is 1. The third-order valence-electron chi connectivity index (χ3n) is 2.49. The van der Waals surface area contributed by atoms with E-state index in [0.717, 1.165) is 0 Å². The number of hydrogen-bond donors (Lipinski definition) is 3. The van der Waals surface area contributed by atoms with Crippen LogP contribution in [0.1, 0.15) is 0 Å². The molecule has 5 nitrogen and oxygen atoms in total. The van der Waals surface area contributed by atoms with E-state index in [0.29, 0.717) is 0 Å².